The standard InChI is InChI=1S/C26H42O4S/c1-16-19(13-20(27)14-22(16)28)9-8-18-7-6-10-26(5)21(18)15-23(29)24(26)17(2)31-12-11-25(3,4)30/h8-9,17,20-24,27-30H,1,6-7,10-15H2,2-5H3/t17-,20+,21-,22-,23+,24-,26-/m0/s1. The molecule has 0 bridgehead atoms. The van der Waals surface area contributed by atoms with E-state index in [9.17, 15) is 20.4 Å². The number of aliphatic hydroxyl groups excluding tert-OH is 3. The van der Waals surface area contributed by atoms with Crippen molar-refractivity contribution in [1.29, 1.82) is 0 Å². The van der Waals surface area contributed by atoms with E-state index in [1.165, 1.54) is 5.57 Å². The highest BCUT2D eigenvalue weighted by molar-refractivity contribution is 7.99. The van der Waals surface area contributed by atoms with Crippen LogP contribution in [0.2, 0.25) is 0 Å². The van der Waals surface area contributed by atoms with E-state index in [-0.39, 0.29) is 17.4 Å². The fourth-order valence-electron chi connectivity index (χ4n) is 6.20. The van der Waals surface area contributed by atoms with Crippen molar-refractivity contribution >= 4 is 11.8 Å². The van der Waals surface area contributed by atoms with E-state index < -0.39 is 17.8 Å². The molecule has 4 N–H and O–H groups in total. The molecule has 3 rings (SSSR count). The molecule has 0 spiro atoms. The Kier molecular flexibility index (Phi) is 7.85. The van der Waals surface area contributed by atoms with Crippen molar-refractivity contribution < 1.29 is 20.4 Å². The van der Waals surface area contributed by atoms with Crippen molar-refractivity contribution in [3.8, 4) is 0 Å². The molecule has 0 aliphatic heterocycles. The highest BCUT2D eigenvalue weighted by Crippen LogP contribution is 2.59. The molecule has 3 aliphatic rings. The zero-order valence-corrected chi connectivity index (χ0v) is 20.5. The maximum absolute atomic E-state index is 11.1. The molecule has 0 unspecified atom stereocenters. The van der Waals surface area contributed by atoms with Gasteiger partial charge in [0.25, 0.3) is 0 Å². The molecule has 0 aromatic carbocycles. The Bertz CT molecular complexity index is 721. The van der Waals surface area contributed by atoms with Crippen molar-refractivity contribution in [2.75, 3.05) is 5.75 Å². The second-order valence-corrected chi connectivity index (χ2v) is 12.4. The van der Waals surface area contributed by atoms with Gasteiger partial charge in [0, 0.05) is 17.6 Å². The first-order valence-corrected chi connectivity index (χ1v) is 12.9. The number of aliphatic hydroxyl groups is 4. The topological polar surface area (TPSA) is 80.9 Å². The molecular weight excluding hydrogens is 408 g/mol. The van der Waals surface area contributed by atoms with Crippen LogP contribution in [0.5, 0.6) is 0 Å². The summed E-state index contributed by atoms with van der Waals surface area (Å²) >= 11 is 1.88. The normalized spacial score (nSPS) is 40.4. The fraction of sp³-hybridized carbons (Fsp3) is 0.769. The molecule has 0 heterocycles. The van der Waals surface area contributed by atoms with E-state index in [2.05, 4.69) is 32.6 Å². The zero-order chi connectivity index (χ0) is 23.0. The van der Waals surface area contributed by atoms with E-state index >= 15 is 0 Å². The summed E-state index contributed by atoms with van der Waals surface area (Å²) in [5.74, 6) is 1.51. The lowest BCUT2D eigenvalue weighted by Gasteiger charge is -2.44. The van der Waals surface area contributed by atoms with Gasteiger partial charge in [0.1, 0.15) is 0 Å². The molecule has 0 saturated heterocycles. The minimum atomic E-state index is -0.663. The molecule has 176 valence electrons. The predicted molar refractivity (Wildman–Crippen MR) is 129 cm³/mol. The highest BCUT2D eigenvalue weighted by Gasteiger charge is 2.55. The van der Waals surface area contributed by atoms with Crippen LogP contribution in [0.3, 0.4) is 0 Å². The second-order valence-electron chi connectivity index (χ2n) is 10.9. The van der Waals surface area contributed by atoms with Gasteiger partial charge in [-0.1, -0.05) is 38.2 Å². The number of hydrogen-bond acceptors (Lipinski definition) is 5. The molecule has 5 heteroatoms. The maximum atomic E-state index is 11.1. The fourth-order valence-corrected chi connectivity index (χ4v) is 7.89. The number of fused-ring (bicyclic) bond motifs is 1. The Morgan fingerprint density at radius 2 is 1.94 bits per heavy atom. The van der Waals surface area contributed by atoms with E-state index in [1.54, 1.807) is 0 Å². The molecule has 3 fully saturated rings. The quantitative estimate of drug-likeness (QED) is 0.483. The van der Waals surface area contributed by atoms with E-state index in [4.69, 9.17) is 0 Å². The Morgan fingerprint density at radius 3 is 2.61 bits per heavy atom. The molecule has 0 amide bonds. The Hall–Kier alpha value is -0.590. The summed E-state index contributed by atoms with van der Waals surface area (Å²) in [4.78, 5) is 0. The predicted octanol–water partition coefficient (Wildman–Crippen LogP) is 4.38. The second kappa shape index (κ2) is 9.72. The van der Waals surface area contributed by atoms with Crippen LogP contribution >= 0.6 is 11.8 Å². The maximum Gasteiger partial charge on any atom is 0.0811 e. The number of thioether (sulfide) groups is 1. The van der Waals surface area contributed by atoms with E-state index in [0.717, 1.165) is 49.0 Å². The van der Waals surface area contributed by atoms with Crippen molar-refractivity contribution in [2.45, 2.75) is 102 Å². The largest absolute Gasteiger partial charge is 0.393 e. The van der Waals surface area contributed by atoms with Crippen LogP contribution in [0.25, 0.3) is 0 Å². The van der Waals surface area contributed by atoms with Crippen LogP contribution in [-0.2, 0) is 0 Å². The third-order valence-corrected chi connectivity index (χ3v) is 9.20. The number of hydrogen-bond donors (Lipinski definition) is 4. The summed E-state index contributed by atoms with van der Waals surface area (Å²) in [6.07, 6.45) is 8.53. The van der Waals surface area contributed by atoms with E-state index in [1.807, 2.05) is 25.6 Å². The SMILES string of the molecule is C=C1C(=CC=C2CCC[C@]3(C)[C@@H]([C@H](C)SCCC(C)(C)O)[C@H](O)C[C@@H]23)C[C@@H](O)C[C@@H]1O. The van der Waals surface area contributed by atoms with Gasteiger partial charge in [-0.25, -0.2) is 0 Å². The molecule has 0 aromatic heterocycles. The van der Waals surface area contributed by atoms with Gasteiger partial charge >= 0.3 is 0 Å². The Morgan fingerprint density at radius 1 is 1.23 bits per heavy atom. The lowest BCUT2D eigenvalue weighted by atomic mass is 9.63. The molecule has 7 atom stereocenters. The van der Waals surface area contributed by atoms with Gasteiger partial charge in [-0.15, -0.1) is 0 Å². The Labute approximate surface area is 192 Å². The first-order chi connectivity index (χ1) is 14.4. The van der Waals surface area contributed by atoms with Crippen molar-refractivity contribution in [2.24, 2.45) is 17.3 Å². The lowest BCUT2D eigenvalue weighted by molar-refractivity contribution is 0.0685. The van der Waals surface area contributed by atoms with Gasteiger partial charge in [-0.3, -0.25) is 0 Å². The molecule has 31 heavy (non-hydrogen) atoms. The average Bonchev–Trinajstić information content (AvgIpc) is 2.92. The molecule has 0 radical (unpaired) electrons. The molecular formula is C26H42O4S. The third-order valence-electron chi connectivity index (χ3n) is 7.94. The summed E-state index contributed by atoms with van der Waals surface area (Å²) in [6, 6.07) is 0. The monoisotopic (exact) mass is 450 g/mol. The van der Waals surface area contributed by atoms with Gasteiger partial charge in [-0.05, 0) is 80.6 Å². The molecule has 0 aromatic rings. The summed E-state index contributed by atoms with van der Waals surface area (Å²) < 4.78 is 0. The zero-order valence-electron chi connectivity index (χ0n) is 19.7. The van der Waals surface area contributed by atoms with E-state index in [0.29, 0.717) is 24.0 Å². The van der Waals surface area contributed by atoms with Crippen LogP contribution in [0.1, 0.15) is 72.6 Å². The van der Waals surface area contributed by atoms with Gasteiger partial charge < -0.3 is 20.4 Å². The lowest BCUT2D eigenvalue weighted by Crippen LogP contribution is -2.39. The third kappa shape index (κ3) is 5.67. The van der Waals surface area contributed by atoms with Gasteiger partial charge in [0.2, 0.25) is 0 Å². The van der Waals surface area contributed by atoms with Gasteiger partial charge in [0.05, 0.1) is 23.9 Å². The summed E-state index contributed by atoms with van der Waals surface area (Å²) in [5.41, 5.74) is 2.48. The van der Waals surface area contributed by atoms with Crippen LogP contribution in [0, 0.1) is 17.3 Å². The van der Waals surface area contributed by atoms with Crippen molar-refractivity contribution in [3.05, 3.63) is 35.5 Å². The van der Waals surface area contributed by atoms with Crippen molar-refractivity contribution in [3.63, 3.8) is 0 Å². The van der Waals surface area contributed by atoms with Gasteiger partial charge in [0.15, 0.2) is 0 Å². The minimum absolute atomic E-state index is 0.0752. The van der Waals surface area contributed by atoms with Crippen molar-refractivity contribution in [1.82, 2.24) is 0 Å². The summed E-state index contributed by atoms with van der Waals surface area (Å²) in [6.45, 7) is 12.3. The van der Waals surface area contributed by atoms with Crippen LogP contribution in [0.15, 0.2) is 35.5 Å². The summed E-state index contributed by atoms with van der Waals surface area (Å²) in [7, 11) is 0. The minimum Gasteiger partial charge on any atom is -0.393 e. The number of allylic oxidation sites excluding steroid dienone is 3. The van der Waals surface area contributed by atoms with Gasteiger partial charge in [-0.2, -0.15) is 11.8 Å². The first-order valence-electron chi connectivity index (χ1n) is 11.9. The average molecular weight is 451 g/mol. The number of rotatable bonds is 6. The molecule has 4 nitrogen and oxygen atoms in total. The van der Waals surface area contributed by atoms with Crippen LogP contribution < -0.4 is 0 Å². The van der Waals surface area contributed by atoms with Crippen LogP contribution in [-0.4, -0.2) is 55.3 Å². The summed E-state index contributed by atoms with van der Waals surface area (Å²) in [5, 5.41) is 41.6. The Balaban J connectivity index is 1.75. The highest BCUT2D eigenvalue weighted by atomic mass is 32.2. The van der Waals surface area contributed by atoms with Crippen LogP contribution in [0.4, 0.5) is 0 Å². The smallest absolute Gasteiger partial charge is 0.0811 e. The first kappa shape index (κ1) is 25.0. The molecule has 3 saturated carbocycles. The molecule has 3 aliphatic carbocycles.